The van der Waals surface area contributed by atoms with Crippen molar-refractivity contribution in [3.05, 3.63) is 101 Å². The van der Waals surface area contributed by atoms with E-state index in [-0.39, 0.29) is 12.8 Å². The third-order valence-electron chi connectivity index (χ3n) is 5.86. The van der Waals surface area contributed by atoms with Gasteiger partial charge in [-0.25, -0.2) is 4.90 Å². The number of nitrogens with zero attached hydrogens (tertiary/aromatic N) is 1. The molecule has 0 aromatic heterocycles. The quantitative estimate of drug-likeness (QED) is 0.550. The molecule has 0 atom stereocenters. The fraction of sp³-hybridized carbons (Fsp3) is 0.154. The van der Waals surface area contributed by atoms with Gasteiger partial charge >= 0.3 is 0 Å². The second-order valence-electron chi connectivity index (χ2n) is 7.92. The van der Waals surface area contributed by atoms with Crippen molar-refractivity contribution in [3.63, 3.8) is 0 Å². The van der Waals surface area contributed by atoms with Crippen LogP contribution in [0.2, 0.25) is 0 Å². The summed E-state index contributed by atoms with van der Waals surface area (Å²) < 4.78 is 0. The summed E-state index contributed by atoms with van der Waals surface area (Å²) in [5, 5.41) is 22.0. The zero-order valence-electron chi connectivity index (χ0n) is 17.7. The normalized spacial score (nSPS) is 14.1. The number of carbonyl (C=O) groups excluding carboxylic acids is 4. The lowest BCUT2D eigenvalue weighted by molar-refractivity contribution is -0.306. The van der Waals surface area contributed by atoms with Gasteiger partial charge in [0, 0.05) is 37.3 Å². The SMILES string of the molecule is CC(=O)N1C(=O)C(c2ccc(CC(=O)[O-])cc2)(c2ccc(CC(=O)[O-])cc2)c2ccccc21. The number of hydrogen-bond acceptors (Lipinski definition) is 6. The number of amides is 2. The molecule has 0 fully saturated rings. The molecule has 2 amide bonds. The van der Waals surface area contributed by atoms with E-state index in [2.05, 4.69) is 0 Å². The molecular formula is C26H19NO6-2. The van der Waals surface area contributed by atoms with Crippen LogP contribution in [0.3, 0.4) is 0 Å². The van der Waals surface area contributed by atoms with Crippen LogP contribution in [-0.2, 0) is 37.4 Å². The number of benzene rings is 3. The summed E-state index contributed by atoms with van der Waals surface area (Å²) >= 11 is 0. The molecule has 33 heavy (non-hydrogen) atoms. The second-order valence-corrected chi connectivity index (χ2v) is 7.92. The zero-order valence-corrected chi connectivity index (χ0v) is 17.7. The Morgan fingerprint density at radius 2 is 1.21 bits per heavy atom. The minimum absolute atomic E-state index is 0.269. The van der Waals surface area contributed by atoms with Gasteiger partial charge in [-0.1, -0.05) is 66.7 Å². The van der Waals surface area contributed by atoms with Crippen molar-refractivity contribution in [2.24, 2.45) is 0 Å². The smallest absolute Gasteiger partial charge is 0.253 e. The lowest BCUT2D eigenvalue weighted by Gasteiger charge is -2.30. The molecule has 3 aromatic rings. The highest BCUT2D eigenvalue weighted by atomic mass is 16.4. The zero-order chi connectivity index (χ0) is 23.8. The molecule has 4 rings (SSSR count). The number of anilines is 1. The van der Waals surface area contributed by atoms with E-state index in [0.29, 0.717) is 33.5 Å². The molecule has 0 spiro atoms. The van der Waals surface area contributed by atoms with Gasteiger partial charge in [0.1, 0.15) is 5.41 Å². The van der Waals surface area contributed by atoms with E-state index < -0.39 is 29.2 Å². The summed E-state index contributed by atoms with van der Waals surface area (Å²) in [6.07, 6.45) is -0.537. The maximum absolute atomic E-state index is 13.9. The van der Waals surface area contributed by atoms with Crippen molar-refractivity contribution in [1.29, 1.82) is 0 Å². The Bertz CT molecular complexity index is 1200. The van der Waals surface area contributed by atoms with Crippen molar-refractivity contribution in [2.45, 2.75) is 25.2 Å². The average Bonchev–Trinajstić information content (AvgIpc) is 3.03. The highest BCUT2D eigenvalue weighted by Crippen LogP contribution is 2.50. The predicted molar refractivity (Wildman–Crippen MR) is 115 cm³/mol. The van der Waals surface area contributed by atoms with E-state index in [9.17, 15) is 29.4 Å². The van der Waals surface area contributed by atoms with Crippen LogP contribution in [0.1, 0.15) is 34.7 Å². The maximum atomic E-state index is 13.9. The average molecular weight is 441 g/mol. The molecule has 166 valence electrons. The van der Waals surface area contributed by atoms with E-state index in [0.717, 1.165) is 4.90 Å². The van der Waals surface area contributed by atoms with Gasteiger partial charge in [0.05, 0.1) is 5.69 Å². The summed E-state index contributed by atoms with van der Waals surface area (Å²) in [7, 11) is 0. The first kappa shape index (κ1) is 22.0. The topological polar surface area (TPSA) is 118 Å². The van der Waals surface area contributed by atoms with Crippen molar-refractivity contribution in [1.82, 2.24) is 0 Å². The Morgan fingerprint density at radius 3 is 1.64 bits per heavy atom. The minimum Gasteiger partial charge on any atom is -0.550 e. The van der Waals surface area contributed by atoms with Crippen LogP contribution in [0.4, 0.5) is 5.69 Å². The van der Waals surface area contributed by atoms with E-state index in [1.165, 1.54) is 6.92 Å². The van der Waals surface area contributed by atoms with Gasteiger partial charge < -0.3 is 19.8 Å². The number of carboxylic acid groups (broad SMARTS) is 2. The van der Waals surface area contributed by atoms with Gasteiger partial charge in [-0.05, 0) is 28.3 Å². The predicted octanol–water partition coefficient (Wildman–Crippen LogP) is 0.499. The van der Waals surface area contributed by atoms with Crippen LogP contribution in [0.5, 0.6) is 0 Å². The van der Waals surface area contributed by atoms with Gasteiger partial charge in [0.2, 0.25) is 5.91 Å². The molecule has 0 saturated heterocycles. The first-order valence-corrected chi connectivity index (χ1v) is 10.3. The molecule has 7 nitrogen and oxygen atoms in total. The van der Waals surface area contributed by atoms with Gasteiger partial charge in [0.25, 0.3) is 5.91 Å². The summed E-state index contributed by atoms with van der Waals surface area (Å²) in [5.74, 6) is -3.33. The fourth-order valence-electron chi connectivity index (χ4n) is 4.49. The third kappa shape index (κ3) is 3.67. The van der Waals surface area contributed by atoms with Crippen LogP contribution >= 0.6 is 0 Å². The lowest BCUT2D eigenvalue weighted by Crippen LogP contribution is -2.44. The van der Waals surface area contributed by atoms with Gasteiger partial charge in [-0.3, -0.25) is 9.59 Å². The molecule has 3 aromatic carbocycles. The summed E-state index contributed by atoms with van der Waals surface area (Å²) in [6.45, 7) is 1.32. The maximum Gasteiger partial charge on any atom is 0.253 e. The number of hydrogen-bond donors (Lipinski definition) is 0. The molecule has 1 aliphatic rings. The molecule has 0 N–H and O–H groups in total. The van der Waals surface area contributed by atoms with E-state index in [1.54, 1.807) is 72.8 Å². The number of imide groups is 1. The summed E-state index contributed by atoms with van der Waals surface area (Å²) in [6, 6.07) is 20.1. The number of fused-ring (bicyclic) bond motifs is 1. The summed E-state index contributed by atoms with van der Waals surface area (Å²) in [5.41, 5.74) is 1.83. The van der Waals surface area contributed by atoms with Crippen molar-refractivity contribution < 1.29 is 29.4 Å². The lowest BCUT2D eigenvalue weighted by atomic mass is 9.70. The first-order valence-electron chi connectivity index (χ1n) is 10.3. The third-order valence-corrected chi connectivity index (χ3v) is 5.86. The van der Waals surface area contributed by atoms with Crippen LogP contribution in [0.25, 0.3) is 0 Å². The number of aliphatic carboxylic acids is 2. The van der Waals surface area contributed by atoms with E-state index in [4.69, 9.17) is 0 Å². The van der Waals surface area contributed by atoms with Crippen molar-refractivity contribution in [2.75, 3.05) is 4.90 Å². The fourth-order valence-corrected chi connectivity index (χ4v) is 4.49. The number of carbonyl (C=O) groups is 4. The Kier molecular flexibility index (Phi) is 5.55. The molecule has 0 saturated carbocycles. The Hall–Kier alpha value is -4.26. The molecule has 0 radical (unpaired) electrons. The second kappa shape index (κ2) is 8.35. The van der Waals surface area contributed by atoms with Gasteiger partial charge in [-0.2, -0.15) is 0 Å². The highest BCUT2D eigenvalue weighted by Gasteiger charge is 2.54. The number of rotatable bonds is 6. The van der Waals surface area contributed by atoms with Crippen LogP contribution in [0.15, 0.2) is 72.8 Å². The molecule has 0 aliphatic carbocycles. The van der Waals surface area contributed by atoms with Crippen LogP contribution in [-0.4, -0.2) is 23.8 Å². The van der Waals surface area contributed by atoms with Crippen molar-refractivity contribution >= 4 is 29.4 Å². The Morgan fingerprint density at radius 1 is 0.758 bits per heavy atom. The number of para-hydroxylation sites is 1. The molecule has 1 heterocycles. The molecule has 0 bridgehead atoms. The Balaban J connectivity index is 1.96. The first-order chi connectivity index (χ1) is 15.7. The highest BCUT2D eigenvalue weighted by molar-refractivity contribution is 6.25. The number of carboxylic acids is 2. The van der Waals surface area contributed by atoms with E-state index in [1.807, 2.05) is 0 Å². The molecule has 7 heteroatoms. The van der Waals surface area contributed by atoms with Gasteiger partial charge in [0.15, 0.2) is 0 Å². The molecule has 0 unspecified atom stereocenters. The summed E-state index contributed by atoms with van der Waals surface area (Å²) in [4.78, 5) is 49.5. The van der Waals surface area contributed by atoms with Crippen LogP contribution < -0.4 is 15.1 Å². The van der Waals surface area contributed by atoms with E-state index >= 15 is 0 Å². The van der Waals surface area contributed by atoms with Crippen molar-refractivity contribution in [3.8, 4) is 0 Å². The molecule has 1 aliphatic heterocycles. The largest absolute Gasteiger partial charge is 0.550 e. The van der Waals surface area contributed by atoms with Crippen LogP contribution in [0, 0.1) is 0 Å². The van der Waals surface area contributed by atoms with Gasteiger partial charge in [-0.15, -0.1) is 0 Å². The standard InChI is InChI=1S/C26H21NO6/c1-16(28)27-22-5-3-2-4-21(22)26(25(27)33,19-10-6-17(7-11-19)14-23(29)30)20-12-8-18(9-13-20)15-24(31)32/h2-13H,14-15H2,1H3,(H,29,30)(H,31,32)/p-2. The minimum atomic E-state index is -1.37. The monoisotopic (exact) mass is 441 g/mol. The Labute approximate surface area is 189 Å². The molecular weight excluding hydrogens is 422 g/mol.